The fourth-order valence-electron chi connectivity index (χ4n) is 3.45. The molecule has 0 radical (unpaired) electrons. The van der Waals surface area contributed by atoms with Crippen LogP contribution in [0.25, 0.3) is 10.9 Å². The quantitative estimate of drug-likeness (QED) is 0.381. The Labute approximate surface area is 176 Å². The van der Waals surface area contributed by atoms with Crippen molar-refractivity contribution in [1.29, 1.82) is 0 Å². The molecule has 3 atom stereocenters. The molecule has 0 saturated carbocycles. The van der Waals surface area contributed by atoms with Crippen molar-refractivity contribution < 1.29 is 19.5 Å². The Kier molecular flexibility index (Phi) is 8.13. The maximum absolute atomic E-state index is 13.0. The highest BCUT2D eigenvalue weighted by Gasteiger charge is 2.31. The van der Waals surface area contributed by atoms with E-state index in [2.05, 4.69) is 28.2 Å². The zero-order chi connectivity index (χ0) is 21.6. The van der Waals surface area contributed by atoms with E-state index in [1.165, 1.54) is 7.05 Å². The number of nitrogens with one attached hydrogen (secondary N) is 3. The highest BCUT2D eigenvalue weighted by atomic mass is 32.1. The average molecular weight is 420 g/mol. The molecule has 0 aliphatic rings. The molecule has 0 aliphatic carbocycles. The van der Waals surface area contributed by atoms with Crippen molar-refractivity contribution in [3.8, 4) is 0 Å². The summed E-state index contributed by atoms with van der Waals surface area (Å²) in [6.07, 6.45) is 2.42. The average Bonchev–Trinajstić information content (AvgIpc) is 3.07. The van der Waals surface area contributed by atoms with Crippen molar-refractivity contribution in [3.63, 3.8) is 0 Å². The standard InChI is InChI=1S/C21H29N3O4S/c1-12(2)8-15(18(29)10-19(25)26)20(27)24-17(21(28)22-3)9-13-11-23-16-7-5-4-6-14(13)16/h4-7,11-12,15,17-18,23,29H,8-10H2,1-3H3,(H,22,28)(H,24,27)(H,25,26)/t15?,17-,18?/m0/s1. The maximum atomic E-state index is 13.0. The fourth-order valence-corrected chi connectivity index (χ4v) is 3.86. The predicted octanol–water partition coefficient (Wildman–Crippen LogP) is 2.38. The molecule has 0 bridgehead atoms. The van der Waals surface area contributed by atoms with Crippen LogP contribution in [0.2, 0.25) is 0 Å². The lowest BCUT2D eigenvalue weighted by Gasteiger charge is -2.26. The number of benzene rings is 1. The topological polar surface area (TPSA) is 111 Å². The molecule has 2 aromatic rings. The summed E-state index contributed by atoms with van der Waals surface area (Å²) >= 11 is 4.37. The summed E-state index contributed by atoms with van der Waals surface area (Å²) in [6.45, 7) is 3.92. The fraction of sp³-hybridized carbons (Fsp3) is 0.476. The Morgan fingerprint density at radius 2 is 1.86 bits per heavy atom. The maximum Gasteiger partial charge on any atom is 0.304 e. The van der Waals surface area contributed by atoms with Gasteiger partial charge in [-0.05, 0) is 24.0 Å². The summed E-state index contributed by atoms with van der Waals surface area (Å²) in [5.41, 5.74) is 1.88. The van der Waals surface area contributed by atoms with Crippen LogP contribution in [0.5, 0.6) is 0 Å². The molecule has 0 fully saturated rings. The van der Waals surface area contributed by atoms with Crippen LogP contribution < -0.4 is 10.6 Å². The number of H-pyrrole nitrogens is 1. The van der Waals surface area contributed by atoms with Gasteiger partial charge in [-0.25, -0.2) is 0 Å². The highest BCUT2D eigenvalue weighted by Crippen LogP contribution is 2.24. The van der Waals surface area contributed by atoms with Gasteiger partial charge in [-0.3, -0.25) is 14.4 Å². The number of hydrogen-bond donors (Lipinski definition) is 5. The molecule has 8 heteroatoms. The monoisotopic (exact) mass is 419 g/mol. The molecule has 0 aliphatic heterocycles. The van der Waals surface area contributed by atoms with E-state index < -0.39 is 23.2 Å². The number of aromatic nitrogens is 1. The summed E-state index contributed by atoms with van der Waals surface area (Å²) < 4.78 is 0. The van der Waals surface area contributed by atoms with Crippen LogP contribution >= 0.6 is 12.6 Å². The van der Waals surface area contributed by atoms with E-state index in [4.69, 9.17) is 5.11 Å². The first-order valence-corrected chi connectivity index (χ1v) is 10.2. The summed E-state index contributed by atoms with van der Waals surface area (Å²) in [5.74, 6) is -2.09. The van der Waals surface area contributed by atoms with E-state index >= 15 is 0 Å². The number of para-hydroxylation sites is 1. The van der Waals surface area contributed by atoms with Crippen molar-refractivity contribution >= 4 is 41.3 Å². The molecule has 0 saturated heterocycles. The zero-order valence-corrected chi connectivity index (χ0v) is 17.8. The number of rotatable bonds is 10. The number of thiol groups is 1. The SMILES string of the molecule is CNC(=O)[C@H](Cc1c[nH]c2ccccc12)NC(=O)C(CC(C)C)C(S)CC(=O)O. The van der Waals surface area contributed by atoms with Crippen LogP contribution in [0.1, 0.15) is 32.3 Å². The van der Waals surface area contributed by atoms with Gasteiger partial charge in [-0.1, -0.05) is 32.0 Å². The summed E-state index contributed by atoms with van der Waals surface area (Å²) in [4.78, 5) is 39.7. The number of carbonyl (C=O) groups is 3. The Morgan fingerprint density at radius 1 is 1.17 bits per heavy atom. The van der Waals surface area contributed by atoms with E-state index in [-0.39, 0.29) is 24.2 Å². The Bertz CT molecular complexity index is 864. The number of carbonyl (C=O) groups excluding carboxylic acids is 2. The van der Waals surface area contributed by atoms with Crippen LogP contribution in [0, 0.1) is 11.8 Å². The lowest BCUT2D eigenvalue weighted by Crippen LogP contribution is -2.50. The first-order valence-electron chi connectivity index (χ1n) is 9.69. The highest BCUT2D eigenvalue weighted by molar-refractivity contribution is 7.81. The van der Waals surface area contributed by atoms with E-state index in [9.17, 15) is 14.4 Å². The zero-order valence-electron chi connectivity index (χ0n) is 16.9. The van der Waals surface area contributed by atoms with Gasteiger partial charge in [0.1, 0.15) is 6.04 Å². The third-order valence-electron chi connectivity index (χ3n) is 4.89. The molecule has 2 amide bonds. The van der Waals surface area contributed by atoms with Crippen LogP contribution in [-0.2, 0) is 20.8 Å². The van der Waals surface area contributed by atoms with Crippen molar-refractivity contribution in [2.45, 2.75) is 44.4 Å². The molecule has 1 heterocycles. The molecular weight excluding hydrogens is 390 g/mol. The molecule has 7 nitrogen and oxygen atoms in total. The molecule has 1 aromatic heterocycles. The second-order valence-electron chi connectivity index (χ2n) is 7.64. The smallest absolute Gasteiger partial charge is 0.304 e. The van der Waals surface area contributed by atoms with E-state index in [0.717, 1.165) is 16.5 Å². The molecule has 2 rings (SSSR count). The van der Waals surface area contributed by atoms with Crippen LogP contribution in [0.3, 0.4) is 0 Å². The minimum Gasteiger partial charge on any atom is -0.481 e. The number of amides is 2. The first kappa shape index (κ1) is 22.8. The van der Waals surface area contributed by atoms with E-state index in [1.807, 2.05) is 44.3 Å². The van der Waals surface area contributed by atoms with Crippen molar-refractivity contribution in [1.82, 2.24) is 15.6 Å². The second kappa shape index (κ2) is 10.3. The largest absolute Gasteiger partial charge is 0.481 e. The molecule has 4 N–H and O–H groups in total. The minimum absolute atomic E-state index is 0.182. The third kappa shape index (κ3) is 6.25. The summed E-state index contributed by atoms with van der Waals surface area (Å²) in [7, 11) is 1.52. The van der Waals surface area contributed by atoms with E-state index in [1.54, 1.807) is 0 Å². The van der Waals surface area contributed by atoms with Gasteiger partial charge in [0.2, 0.25) is 11.8 Å². The number of aliphatic carboxylic acids is 1. The van der Waals surface area contributed by atoms with Crippen molar-refractivity contribution in [3.05, 3.63) is 36.0 Å². The van der Waals surface area contributed by atoms with Crippen molar-refractivity contribution in [2.75, 3.05) is 7.05 Å². The Hall–Kier alpha value is -2.48. The molecule has 29 heavy (non-hydrogen) atoms. The number of likely N-dealkylation sites (N-methyl/N-ethyl adjacent to an activating group) is 1. The summed E-state index contributed by atoms with van der Waals surface area (Å²) in [6, 6.07) is 6.98. The Morgan fingerprint density at radius 3 is 2.48 bits per heavy atom. The molecule has 158 valence electrons. The van der Waals surface area contributed by atoms with Gasteiger partial charge in [0.15, 0.2) is 0 Å². The number of aromatic amines is 1. The predicted molar refractivity (Wildman–Crippen MR) is 116 cm³/mol. The van der Waals surface area contributed by atoms with Gasteiger partial charge >= 0.3 is 5.97 Å². The van der Waals surface area contributed by atoms with Crippen LogP contribution in [-0.4, -0.2) is 46.2 Å². The molecule has 1 aromatic carbocycles. The normalized spacial score (nSPS) is 14.4. The van der Waals surface area contributed by atoms with Gasteiger partial charge in [-0.15, -0.1) is 0 Å². The van der Waals surface area contributed by atoms with Gasteiger partial charge in [0.25, 0.3) is 0 Å². The van der Waals surface area contributed by atoms with Crippen LogP contribution in [0.4, 0.5) is 0 Å². The molecule has 0 spiro atoms. The number of carboxylic acid groups (broad SMARTS) is 1. The lowest BCUT2D eigenvalue weighted by atomic mass is 9.91. The number of hydrogen-bond acceptors (Lipinski definition) is 4. The minimum atomic E-state index is -1.01. The third-order valence-corrected chi connectivity index (χ3v) is 5.43. The van der Waals surface area contributed by atoms with Gasteiger partial charge < -0.3 is 20.7 Å². The second-order valence-corrected chi connectivity index (χ2v) is 8.30. The number of fused-ring (bicyclic) bond motifs is 1. The first-order chi connectivity index (χ1) is 13.7. The number of carboxylic acids is 1. The van der Waals surface area contributed by atoms with Gasteiger partial charge in [0, 0.05) is 35.8 Å². The molecular formula is C21H29N3O4S. The van der Waals surface area contributed by atoms with E-state index in [0.29, 0.717) is 12.8 Å². The summed E-state index contributed by atoms with van der Waals surface area (Å²) in [5, 5.41) is 14.9. The lowest BCUT2D eigenvalue weighted by molar-refractivity contribution is -0.137. The van der Waals surface area contributed by atoms with Crippen LogP contribution in [0.15, 0.2) is 30.5 Å². The van der Waals surface area contributed by atoms with Gasteiger partial charge in [-0.2, -0.15) is 12.6 Å². The Balaban J connectivity index is 2.21. The van der Waals surface area contributed by atoms with Crippen molar-refractivity contribution in [2.24, 2.45) is 11.8 Å². The molecule has 2 unspecified atom stereocenters. The van der Waals surface area contributed by atoms with Gasteiger partial charge in [0.05, 0.1) is 12.3 Å².